The first-order valence-corrected chi connectivity index (χ1v) is 6.88. The van der Waals surface area contributed by atoms with E-state index in [-0.39, 0.29) is 12.6 Å². The second-order valence-electron chi connectivity index (χ2n) is 4.35. The van der Waals surface area contributed by atoms with Gasteiger partial charge in [0.25, 0.3) is 5.91 Å². The molecule has 1 aromatic carbocycles. The van der Waals surface area contributed by atoms with Crippen molar-refractivity contribution in [2.75, 3.05) is 6.73 Å². The van der Waals surface area contributed by atoms with Crippen molar-refractivity contribution in [3.05, 3.63) is 57.8 Å². The lowest BCUT2D eigenvalue weighted by Crippen LogP contribution is -2.30. The molecule has 0 radical (unpaired) electrons. The van der Waals surface area contributed by atoms with Gasteiger partial charge in [-0.3, -0.25) is 9.69 Å². The maximum Gasteiger partial charge on any atom is 0.258 e. The molecular weight excluding hydrogens is 262 g/mol. The van der Waals surface area contributed by atoms with Crippen molar-refractivity contribution in [2.24, 2.45) is 0 Å². The van der Waals surface area contributed by atoms with Crippen LogP contribution in [0.4, 0.5) is 0 Å². The van der Waals surface area contributed by atoms with E-state index < -0.39 is 6.23 Å². The third-order valence-electron chi connectivity index (χ3n) is 3.10. The van der Waals surface area contributed by atoms with Crippen LogP contribution in [0.2, 0.25) is 0 Å². The van der Waals surface area contributed by atoms with Crippen molar-refractivity contribution in [2.45, 2.75) is 12.8 Å². The molecule has 1 amide bonds. The minimum atomic E-state index is -0.911. The topological polar surface area (TPSA) is 49.8 Å². The maximum absolute atomic E-state index is 12.1. The van der Waals surface area contributed by atoms with E-state index in [9.17, 15) is 9.90 Å². The number of aliphatic hydroxyl groups is 1. The van der Waals surface area contributed by atoms with Crippen LogP contribution in [0, 0.1) is 0 Å². The average molecular weight is 275 g/mol. The van der Waals surface area contributed by atoms with Gasteiger partial charge in [0.2, 0.25) is 0 Å². The highest BCUT2D eigenvalue weighted by atomic mass is 32.1. The highest BCUT2D eigenvalue weighted by Crippen LogP contribution is 2.31. The van der Waals surface area contributed by atoms with E-state index in [0.717, 1.165) is 5.56 Å². The summed E-state index contributed by atoms with van der Waals surface area (Å²) in [6.07, 6.45) is -0.911. The van der Waals surface area contributed by atoms with Gasteiger partial charge in [-0.15, -0.1) is 0 Å². The van der Waals surface area contributed by atoms with Gasteiger partial charge < -0.3 is 9.84 Å². The zero-order valence-electron chi connectivity index (χ0n) is 10.2. The first-order valence-electron chi connectivity index (χ1n) is 5.94. The lowest BCUT2D eigenvalue weighted by molar-refractivity contribution is -0.0509. The molecule has 0 fully saturated rings. The minimum absolute atomic E-state index is 0.0878. The van der Waals surface area contributed by atoms with Gasteiger partial charge in [0, 0.05) is 11.1 Å². The van der Waals surface area contributed by atoms with Crippen LogP contribution in [-0.2, 0) is 11.3 Å². The Labute approximate surface area is 114 Å². The summed E-state index contributed by atoms with van der Waals surface area (Å²) in [4.78, 5) is 13.4. The minimum Gasteiger partial charge on any atom is -0.369 e. The molecule has 3 rings (SSSR count). The van der Waals surface area contributed by atoms with Gasteiger partial charge in [-0.05, 0) is 28.5 Å². The summed E-state index contributed by atoms with van der Waals surface area (Å²) >= 11 is 1.60. The zero-order chi connectivity index (χ0) is 13.2. The lowest BCUT2D eigenvalue weighted by atomic mass is 10.1. The number of hydrogen-bond donors (Lipinski definition) is 1. The summed E-state index contributed by atoms with van der Waals surface area (Å²) in [5.74, 6) is -0.187. The summed E-state index contributed by atoms with van der Waals surface area (Å²) < 4.78 is 5.49. The second kappa shape index (κ2) is 5.13. The Bertz CT molecular complexity index is 582. The number of benzene rings is 1. The molecule has 1 aliphatic rings. The largest absolute Gasteiger partial charge is 0.369 e. The van der Waals surface area contributed by atoms with Crippen LogP contribution in [0.15, 0.2) is 41.1 Å². The van der Waals surface area contributed by atoms with Gasteiger partial charge in [-0.25, -0.2) is 0 Å². The Morgan fingerprint density at radius 1 is 1.32 bits per heavy atom. The van der Waals surface area contributed by atoms with Crippen LogP contribution in [-0.4, -0.2) is 22.6 Å². The van der Waals surface area contributed by atoms with E-state index in [1.165, 1.54) is 4.90 Å². The van der Waals surface area contributed by atoms with Crippen LogP contribution < -0.4 is 0 Å². The van der Waals surface area contributed by atoms with Crippen LogP contribution in [0.3, 0.4) is 0 Å². The van der Waals surface area contributed by atoms with E-state index in [2.05, 4.69) is 0 Å². The van der Waals surface area contributed by atoms with Gasteiger partial charge in [-0.1, -0.05) is 18.2 Å². The molecular formula is C14H13NO3S. The Kier molecular flexibility index (Phi) is 3.33. The van der Waals surface area contributed by atoms with E-state index in [0.29, 0.717) is 17.7 Å². The average Bonchev–Trinajstić information content (AvgIpc) is 3.02. The summed E-state index contributed by atoms with van der Waals surface area (Å²) in [5.41, 5.74) is 2.27. The van der Waals surface area contributed by atoms with Crippen LogP contribution in [0.25, 0.3) is 0 Å². The predicted octanol–water partition coefficient (Wildman–Crippen LogP) is 2.37. The zero-order valence-corrected chi connectivity index (χ0v) is 11.0. The summed E-state index contributed by atoms with van der Waals surface area (Å²) in [6, 6.07) is 9.06. The van der Waals surface area contributed by atoms with Gasteiger partial charge >= 0.3 is 0 Å². The smallest absolute Gasteiger partial charge is 0.258 e. The molecule has 0 aliphatic carbocycles. The van der Waals surface area contributed by atoms with E-state index in [4.69, 9.17) is 4.74 Å². The summed E-state index contributed by atoms with van der Waals surface area (Å²) in [5, 5.41) is 14.1. The molecule has 98 valence electrons. The molecule has 5 heteroatoms. The van der Waals surface area contributed by atoms with Crippen molar-refractivity contribution >= 4 is 17.2 Å². The molecule has 1 N–H and O–H groups in total. The van der Waals surface area contributed by atoms with Gasteiger partial charge in [0.15, 0.2) is 6.23 Å². The number of nitrogens with zero attached hydrogens (tertiary/aromatic N) is 1. The third-order valence-corrected chi connectivity index (χ3v) is 3.84. The Balaban J connectivity index is 1.65. The third kappa shape index (κ3) is 2.28. The number of ether oxygens (including phenoxy) is 1. The first-order chi connectivity index (χ1) is 9.27. The Morgan fingerprint density at radius 3 is 2.89 bits per heavy atom. The molecule has 2 heterocycles. The summed E-state index contributed by atoms with van der Waals surface area (Å²) in [7, 11) is 0. The standard InChI is InChI=1S/C14H13NO3S/c16-13-11-3-1-2-4-12(11)14(17)15(13)9-18-7-10-5-6-19-8-10/h1-6,8,13,16H,7,9H2. The Morgan fingerprint density at radius 2 is 2.16 bits per heavy atom. The molecule has 4 nitrogen and oxygen atoms in total. The number of carbonyl (C=O) groups excluding carboxylic acids is 1. The molecule has 0 spiro atoms. The fraction of sp³-hybridized carbons (Fsp3) is 0.214. The van der Waals surface area contributed by atoms with E-state index in [1.54, 1.807) is 29.5 Å². The second-order valence-corrected chi connectivity index (χ2v) is 5.13. The first kappa shape index (κ1) is 12.3. The maximum atomic E-state index is 12.1. The molecule has 0 bridgehead atoms. The van der Waals surface area contributed by atoms with Gasteiger partial charge in [0.05, 0.1) is 6.61 Å². The summed E-state index contributed by atoms with van der Waals surface area (Å²) in [6.45, 7) is 0.529. The fourth-order valence-corrected chi connectivity index (χ4v) is 2.77. The number of rotatable bonds is 4. The molecule has 2 aromatic rings. The quantitative estimate of drug-likeness (QED) is 0.932. The molecule has 1 aliphatic heterocycles. The van der Waals surface area contributed by atoms with Crippen molar-refractivity contribution in [1.29, 1.82) is 0 Å². The number of amides is 1. The molecule has 1 unspecified atom stereocenters. The number of aliphatic hydroxyl groups excluding tert-OH is 1. The monoisotopic (exact) mass is 275 g/mol. The van der Waals surface area contributed by atoms with Crippen LogP contribution >= 0.6 is 11.3 Å². The molecule has 0 saturated carbocycles. The van der Waals surface area contributed by atoms with Crippen molar-refractivity contribution in [3.8, 4) is 0 Å². The van der Waals surface area contributed by atoms with Crippen LogP contribution in [0.1, 0.15) is 27.7 Å². The molecule has 19 heavy (non-hydrogen) atoms. The molecule has 0 saturated heterocycles. The van der Waals surface area contributed by atoms with Gasteiger partial charge in [0.1, 0.15) is 6.73 Å². The van der Waals surface area contributed by atoms with Gasteiger partial charge in [-0.2, -0.15) is 11.3 Å². The van der Waals surface area contributed by atoms with Crippen molar-refractivity contribution in [3.63, 3.8) is 0 Å². The number of thiophene rings is 1. The molecule has 1 aromatic heterocycles. The lowest BCUT2D eigenvalue weighted by Gasteiger charge is -2.20. The fourth-order valence-electron chi connectivity index (χ4n) is 2.12. The normalized spacial score (nSPS) is 17.8. The highest BCUT2D eigenvalue weighted by molar-refractivity contribution is 7.07. The number of fused-ring (bicyclic) bond motifs is 1. The van der Waals surface area contributed by atoms with Crippen molar-refractivity contribution < 1.29 is 14.6 Å². The number of carbonyl (C=O) groups is 1. The number of hydrogen-bond acceptors (Lipinski definition) is 4. The van der Waals surface area contributed by atoms with Crippen LogP contribution in [0.5, 0.6) is 0 Å². The SMILES string of the molecule is O=C1c2ccccc2C(O)N1COCc1ccsc1. The van der Waals surface area contributed by atoms with Crippen molar-refractivity contribution in [1.82, 2.24) is 4.90 Å². The van der Waals surface area contributed by atoms with E-state index in [1.807, 2.05) is 22.9 Å². The Hall–Kier alpha value is -1.69. The predicted molar refractivity (Wildman–Crippen MR) is 71.5 cm³/mol. The van der Waals surface area contributed by atoms with E-state index >= 15 is 0 Å². The molecule has 1 atom stereocenters. The highest BCUT2D eigenvalue weighted by Gasteiger charge is 2.34.